The maximum Gasteiger partial charge on any atom is 0.407 e. The van der Waals surface area contributed by atoms with Gasteiger partial charge in [0.2, 0.25) is 0 Å². The van der Waals surface area contributed by atoms with Crippen LogP contribution in [-0.2, 0) is 4.74 Å². The van der Waals surface area contributed by atoms with Crippen molar-refractivity contribution in [2.24, 2.45) is 0 Å². The number of nitrogens with one attached hydrogen (secondary N) is 1. The number of ether oxygens (including phenoxy) is 1. The van der Waals surface area contributed by atoms with E-state index in [2.05, 4.69) is 5.32 Å². The lowest BCUT2D eigenvalue weighted by atomic mass is 9.99. The summed E-state index contributed by atoms with van der Waals surface area (Å²) in [5.41, 5.74) is -1.26. The van der Waals surface area contributed by atoms with E-state index < -0.39 is 34.5 Å². The zero-order valence-corrected chi connectivity index (χ0v) is 14.5. The molecule has 0 radical (unpaired) electrons. The van der Waals surface area contributed by atoms with Crippen molar-refractivity contribution in [2.75, 3.05) is 6.54 Å². The van der Waals surface area contributed by atoms with Crippen molar-refractivity contribution < 1.29 is 29.5 Å². The third-order valence-corrected chi connectivity index (χ3v) is 3.17. The van der Waals surface area contributed by atoms with E-state index >= 15 is 0 Å². The molecule has 0 saturated carbocycles. The van der Waals surface area contributed by atoms with Crippen molar-refractivity contribution in [3.05, 3.63) is 39.4 Å². The number of nitrogens with zero attached hydrogens (tertiary/aromatic N) is 1. The molecule has 1 aromatic carbocycles. The average molecular weight is 354 g/mol. The number of carbonyl (C=O) groups is 2. The van der Waals surface area contributed by atoms with Crippen LogP contribution in [0.3, 0.4) is 0 Å². The Morgan fingerprint density at radius 2 is 1.92 bits per heavy atom. The van der Waals surface area contributed by atoms with Crippen molar-refractivity contribution in [2.45, 2.75) is 45.5 Å². The molecule has 0 aromatic heterocycles. The Morgan fingerprint density at radius 3 is 2.40 bits per heavy atom. The molecule has 9 nitrogen and oxygen atoms in total. The van der Waals surface area contributed by atoms with Gasteiger partial charge in [0.1, 0.15) is 17.8 Å². The molecule has 3 N–H and O–H groups in total. The first-order chi connectivity index (χ1) is 11.4. The minimum Gasteiger partial charge on any atom is -0.444 e. The summed E-state index contributed by atoms with van der Waals surface area (Å²) in [7, 11) is 0. The van der Waals surface area contributed by atoms with Crippen LogP contribution in [0.15, 0.2) is 18.2 Å². The van der Waals surface area contributed by atoms with Gasteiger partial charge in [0.25, 0.3) is 5.69 Å². The molecule has 0 aliphatic heterocycles. The molecule has 0 bridgehead atoms. The lowest BCUT2D eigenvalue weighted by molar-refractivity contribution is -0.386. The smallest absolute Gasteiger partial charge is 0.407 e. The lowest BCUT2D eigenvalue weighted by Gasteiger charge is -2.22. The second-order valence-corrected chi connectivity index (χ2v) is 6.48. The quantitative estimate of drug-likeness (QED) is 0.401. The molecule has 2 unspecified atom stereocenters. The summed E-state index contributed by atoms with van der Waals surface area (Å²) in [5.74, 6) is -0.365. The van der Waals surface area contributed by atoms with Gasteiger partial charge in [0.15, 0.2) is 5.78 Å². The lowest BCUT2D eigenvalue weighted by Crippen LogP contribution is -2.39. The predicted octanol–water partition coefficient (Wildman–Crippen LogP) is 1.72. The molecule has 0 saturated heterocycles. The van der Waals surface area contributed by atoms with E-state index in [0.717, 1.165) is 6.07 Å². The van der Waals surface area contributed by atoms with Crippen LogP contribution in [0.2, 0.25) is 0 Å². The summed E-state index contributed by atoms with van der Waals surface area (Å²) < 4.78 is 4.99. The molecule has 25 heavy (non-hydrogen) atoms. The number of rotatable bonds is 6. The Morgan fingerprint density at radius 1 is 1.32 bits per heavy atom. The number of hydrogen-bond donors (Lipinski definition) is 3. The van der Waals surface area contributed by atoms with Crippen LogP contribution in [0, 0.1) is 10.1 Å². The number of carbonyl (C=O) groups excluding carboxylic acids is 2. The van der Waals surface area contributed by atoms with E-state index in [-0.39, 0.29) is 23.5 Å². The molecule has 1 aromatic rings. The van der Waals surface area contributed by atoms with Crippen LogP contribution < -0.4 is 5.32 Å². The van der Waals surface area contributed by atoms with Gasteiger partial charge in [-0.15, -0.1) is 0 Å². The molecule has 1 rings (SSSR count). The second kappa shape index (κ2) is 8.04. The minimum absolute atomic E-state index is 0.115. The number of alkyl carbamates (subject to hydrolysis) is 1. The third kappa shape index (κ3) is 6.12. The molecule has 0 aliphatic carbocycles. The number of aliphatic hydroxyl groups is 2. The first-order valence-electron chi connectivity index (χ1n) is 7.54. The standard InChI is InChI=1S/C16H22N2O7/c1-9(19)10-5-6-11(12(7-10)18(23)24)14(21)13(20)8-17-15(22)25-16(2,3)4/h5-7,13-14,20-21H,8H2,1-4H3,(H,17,22). The van der Waals surface area contributed by atoms with Crippen LogP contribution >= 0.6 is 0 Å². The van der Waals surface area contributed by atoms with Gasteiger partial charge in [0.05, 0.1) is 10.5 Å². The molecule has 0 heterocycles. The fraction of sp³-hybridized carbons (Fsp3) is 0.500. The first-order valence-corrected chi connectivity index (χ1v) is 7.54. The van der Waals surface area contributed by atoms with Crippen molar-refractivity contribution in [1.82, 2.24) is 5.32 Å². The summed E-state index contributed by atoms with van der Waals surface area (Å²) >= 11 is 0. The normalized spacial score (nSPS) is 13.7. The molecule has 0 aliphatic rings. The van der Waals surface area contributed by atoms with Crippen LogP contribution in [0.4, 0.5) is 10.5 Å². The summed E-state index contributed by atoms with van der Waals surface area (Å²) in [6.07, 6.45) is -3.93. The molecule has 138 valence electrons. The number of nitro groups is 1. The highest BCUT2D eigenvalue weighted by molar-refractivity contribution is 5.94. The van der Waals surface area contributed by atoms with Gasteiger partial charge in [-0.2, -0.15) is 0 Å². The number of aliphatic hydroxyl groups excluding tert-OH is 2. The highest BCUT2D eigenvalue weighted by atomic mass is 16.6. The first kappa shape index (κ1) is 20.5. The van der Waals surface area contributed by atoms with E-state index in [1.54, 1.807) is 20.8 Å². The number of amides is 1. The molecular weight excluding hydrogens is 332 g/mol. The average Bonchev–Trinajstić information content (AvgIpc) is 2.49. The molecular formula is C16H22N2O7. The van der Waals surface area contributed by atoms with Gasteiger partial charge in [-0.3, -0.25) is 14.9 Å². The fourth-order valence-corrected chi connectivity index (χ4v) is 1.99. The van der Waals surface area contributed by atoms with E-state index in [1.165, 1.54) is 19.1 Å². The highest BCUT2D eigenvalue weighted by Gasteiger charge is 2.28. The van der Waals surface area contributed by atoms with Crippen molar-refractivity contribution in [3.63, 3.8) is 0 Å². The fourth-order valence-electron chi connectivity index (χ4n) is 1.99. The molecule has 0 fully saturated rings. The summed E-state index contributed by atoms with van der Waals surface area (Å²) in [6, 6.07) is 3.56. The molecule has 1 amide bonds. The van der Waals surface area contributed by atoms with Crippen molar-refractivity contribution >= 4 is 17.6 Å². The molecule has 2 atom stereocenters. The van der Waals surface area contributed by atoms with E-state index in [0.29, 0.717) is 0 Å². The maximum absolute atomic E-state index is 11.5. The van der Waals surface area contributed by atoms with Crippen LogP contribution in [-0.4, -0.2) is 45.3 Å². The molecule has 0 spiro atoms. The van der Waals surface area contributed by atoms with E-state index in [1.807, 2.05) is 0 Å². The Kier molecular flexibility index (Phi) is 6.60. The van der Waals surface area contributed by atoms with E-state index in [9.17, 15) is 29.9 Å². The Hall–Kier alpha value is -2.52. The van der Waals surface area contributed by atoms with Crippen LogP contribution in [0.1, 0.15) is 49.7 Å². The SMILES string of the molecule is CC(=O)c1ccc(C(O)C(O)CNC(=O)OC(C)(C)C)c([N+](=O)[O-])c1. The Labute approximate surface area is 144 Å². The van der Waals surface area contributed by atoms with Crippen molar-refractivity contribution in [3.8, 4) is 0 Å². The van der Waals surface area contributed by atoms with Gasteiger partial charge in [-0.1, -0.05) is 6.07 Å². The second-order valence-electron chi connectivity index (χ2n) is 6.48. The van der Waals surface area contributed by atoms with Crippen LogP contribution in [0.5, 0.6) is 0 Å². The zero-order valence-electron chi connectivity index (χ0n) is 14.5. The monoisotopic (exact) mass is 354 g/mol. The number of Topliss-reactive ketones (excluding diaryl/α,β-unsaturated/α-hetero) is 1. The van der Waals surface area contributed by atoms with Crippen molar-refractivity contribution in [1.29, 1.82) is 0 Å². The number of ketones is 1. The maximum atomic E-state index is 11.5. The van der Waals surface area contributed by atoms with E-state index in [4.69, 9.17) is 4.74 Å². The summed E-state index contributed by atoms with van der Waals surface area (Å²) in [6.45, 7) is 5.88. The predicted molar refractivity (Wildman–Crippen MR) is 88.3 cm³/mol. The summed E-state index contributed by atoms with van der Waals surface area (Å²) in [5, 5.41) is 33.6. The minimum atomic E-state index is -1.63. The number of nitro benzene ring substituents is 1. The number of hydrogen-bond acceptors (Lipinski definition) is 7. The Balaban J connectivity index is 2.88. The third-order valence-electron chi connectivity index (χ3n) is 3.17. The van der Waals surface area contributed by atoms with Crippen LogP contribution in [0.25, 0.3) is 0 Å². The van der Waals surface area contributed by atoms with Gasteiger partial charge < -0.3 is 20.3 Å². The zero-order chi connectivity index (χ0) is 19.4. The number of benzene rings is 1. The van der Waals surface area contributed by atoms with Gasteiger partial charge >= 0.3 is 6.09 Å². The molecule has 9 heteroatoms. The summed E-state index contributed by atoms with van der Waals surface area (Å²) in [4.78, 5) is 33.3. The Bertz CT molecular complexity index is 667. The highest BCUT2D eigenvalue weighted by Crippen LogP contribution is 2.28. The largest absolute Gasteiger partial charge is 0.444 e. The van der Waals surface area contributed by atoms with Gasteiger partial charge in [-0.05, 0) is 33.8 Å². The topological polar surface area (TPSA) is 139 Å². The van der Waals surface area contributed by atoms with Gasteiger partial charge in [0, 0.05) is 18.2 Å². The van der Waals surface area contributed by atoms with Gasteiger partial charge in [-0.25, -0.2) is 4.79 Å².